The molecule has 19 heavy (non-hydrogen) atoms. The summed E-state index contributed by atoms with van der Waals surface area (Å²) in [5.41, 5.74) is 0.201. The van der Waals surface area contributed by atoms with Gasteiger partial charge in [0.1, 0.15) is 0 Å². The Labute approximate surface area is 104 Å². The van der Waals surface area contributed by atoms with Crippen molar-refractivity contribution in [3.8, 4) is 5.88 Å². The van der Waals surface area contributed by atoms with Crippen LogP contribution in [0.25, 0.3) is 10.9 Å². The van der Waals surface area contributed by atoms with Crippen LogP contribution in [0.1, 0.15) is 10.6 Å². The Morgan fingerprint density at radius 1 is 1.26 bits per heavy atom. The van der Waals surface area contributed by atoms with Crippen LogP contribution in [0.4, 0.5) is 13.2 Å². The predicted molar refractivity (Wildman–Crippen MR) is 58.0 cm³/mol. The van der Waals surface area contributed by atoms with Crippen LogP contribution >= 0.6 is 0 Å². The van der Waals surface area contributed by atoms with Gasteiger partial charge in [-0.3, -0.25) is 0 Å². The van der Waals surface area contributed by atoms with Crippen molar-refractivity contribution in [3.63, 3.8) is 0 Å². The number of aromatic carboxylic acids is 1. The summed E-state index contributed by atoms with van der Waals surface area (Å²) in [6.45, 7) is -1.55. The van der Waals surface area contributed by atoms with Crippen LogP contribution in [0.3, 0.4) is 0 Å². The summed E-state index contributed by atoms with van der Waals surface area (Å²) in [6.07, 6.45) is -4.53. The molecule has 0 aliphatic carbocycles. The second-order valence-electron chi connectivity index (χ2n) is 3.58. The third-order valence-electron chi connectivity index (χ3n) is 2.13. The number of carboxylic acids is 1. The maximum Gasteiger partial charge on any atom is 0.422 e. The standard InChI is InChI=1S/C11H7F3N2O3/c12-11(13,14)5-19-9-6-3-1-2-4-7(6)15-8(16-9)10(17)18/h1-4H,5H2,(H,17,18). The summed E-state index contributed by atoms with van der Waals surface area (Å²) < 4.78 is 40.9. The number of hydrogen-bond acceptors (Lipinski definition) is 4. The zero-order valence-corrected chi connectivity index (χ0v) is 9.31. The van der Waals surface area contributed by atoms with Crippen LogP contribution in [0.15, 0.2) is 24.3 Å². The highest BCUT2D eigenvalue weighted by atomic mass is 19.4. The molecule has 1 aromatic carbocycles. The first kappa shape index (κ1) is 13.1. The molecular formula is C11H7F3N2O3. The Kier molecular flexibility index (Phi) is 3.24. The van der Waals surface area contributed by atoms with Crippen molar-refractivity contribution in [2.45, 2.75) is 6.18 Å². The molecule has 0 spiro atoms. The smallest absolute Gasteiger partial charge is 0.422 e. The Hall–Kier alpha value is -2.38. The van der Waals surface area contributed by atoms with Gasteiger partial charge in [0.2, 0.25) is 11.7 Å². The molecule has 1 aromatic heterocycles. The van der Waals surface area contributed by atoms with E-state index in [1.54, 1.807) is 12.1 Å². The van der Waals surface area contributed by atoms with Crippen molar-refractivity contribution in [2.24, 2.45) is 0 Å². The quantitative estimate of drug-likeness (QED) is 0.927. The number of benzene rings is 1. The molecule has 1 heterocycles. The van der Waals surface area contributed by atoms with E-state index in [0.717, 1.165) is 0 Å². The van der Waals surface area contributed by atoms with Crippen molar-refractivity contribution in [3.05, 3.63) is 30.1 Å². The third-order valence-corrected chi connectivity index (χ3v) is 2.13. The van der Waals surface area contributed by atoms with Gasteiger partial charge >= 0.3 is 12.1 Å². The maximum absolute atomic E-state index is 12.1. The number of hydrogen-bond donors (Lipinski definition) is 1. The fraction of sp³-hybridized carbons (Fsp3) is 0.182. The molecule has 5 nitrogen and oxygen atoms in total. The van der Waals surface area contributed by atoms with Crippen LogP contribution in [-0.4, -0.2) is 33.8 Å². The van der Waals surface area contributed by atoms with Crippen molar-refractivity contribution in [1.82, 2.24) is 9.97 Å². The summed E-state index contributed by atoms with van der Waals surface area (Å²) in [4.78, 5) is 18.0. The van der Waals surface area contributed by atoms with Gasteiger partial charge in [0.25, 0.3) is 0 Å². The van der Waals surface area contributed by atoms with Crippen LogP contribution < -0.4 is 4.74 Å². The first-order chi connectivity index (χ1) is 8.87. The molecule has 100 valence electrons. The van der Waals surface area contributed by atoms with Crippen LogP contribution in [0, 0.1) is 0 Å². The number of carboxylic acid groups (broad SMARTS) is 1. The number of rotatable bonds is 3. The molecule has 0 atom stereocenters. The normalized spacial score (nSPS) is 11.5. The molecule has 2 aromatic rings. The largest absolute Gasteiger partial charge is 0.475 e. The van der Waals surface area contributed by atoms with Gasteiger partial charge in [-0.05, 0) is 12.1 Å². The Balaban J connectivity index is 2.47. The SMILES string of the molecule is O=C(O)c1nc(OCC(F)(F)F)c2ccccc2n1. The molecule has 2 rings (SSSR count). The molecule has 0 amide bonds. The Morgan fingerprint density at radius 3 is 2.58 bits per heavy atom. The molecule has 0 saturated heterocycles. The third kappa shape index (κ3) is 3.09. The number of ether oxygens (including phenoxy) is 1. The first-order valence-electron chi connectivity index (χ1n) is 5.06. The minimum absolute atomic E-state index is 0.201. The van der Waals surface area contributed by atoms with E-state index in [2.05, 4.69) is 14.7 Å². The summed E-state index contributed by atoms with van der Waals surface area (Å²) in [5, 5.41) is 9.01. The van der Waals surface area contributed by atoms with Gasteiger partial charge in [-0.15, -0.1) is 0 Å². The van der Waals surface area contributed by atoms with E-state index in [9.17, 15) is 18.0 Å². The lowest BCUT2D eigenvalue weighted by Gasteiger charge is -2.10. The summed E-state index contributed by atoms with van der Waals surface area (Å²) >= 11 is 0. The van der Waals surface area contributed by atoms with Crippen molar-refractivity contribution in [2.75, 3.05) is 6.61 Å². The van der Waals surface area contributed by atoms with Gasteiger partial charge in [0.15, 0.2) is 6.61 Å². The van der Waals surface area contributed by atoms with Crippen LogP contribution in [0.5, 0.6) is 5.88 Å². The molecule has 0 radical (unpaired) electrons. The lowest BCUT2D eigenvalue weighted by Crippen LogP contribution is -2.20. The molecule has 0 bridgehead atoms. The molecule has 0 saturated carbocycles. The minimum Gasteiger partial charge on any atom is -0.475 e. The summed E-state index contributed by atoms with van der Waals surface area (Å²) in [5.74, 6) is -2.46. The van der Waals surface area contributed by atoms with Crippen LogP contribution in [0.2, 0.25) is 0 Å². The predicted octanol–water partition coefficient (Wildman–Crippen LogP) is 2.27. The van der Waals surface area contributed by atoms with E-state index in [1.807, 2.05) is 0 Å². The van der Waals surface area contributed by atoms with Crippen molar-refractivity contribution in [1.29, 1.82) is 0 Å². The lowest BCUT2D eigenvalue weighted by atomic mass is 10.2. The number of aromatic nitrogens is 2. The molecular weight excluding hydrogens is 265 g/mol. The lowest BCUT2D eigenvalue weighted by molar-refractivity contribution is -0.153. The Bertz CT molecular complexity index is 628. The zero-order chi connectivity index (χ0) is 14.0. The zero-order valence-electron chi connectivity index (χ0n) is 9.31. The highest BCUT2D eigenvalue weighted by molar-refractivity contribution is 5.89. The fourth-order valence-corrected chi connectivity index (χ4v) is 1.40. The highest BCUT2D eigenvalue weighted by Crippen LogP contribution is 2.24. The van der Waals surface area contributed by atoms with Gasteiger partial charge in [0, 0.05) is 0 Å². The first-order valence-corrected chi connectivity index (χ1v) is 5.06. The number of alkyl halides is 3. The molecule has 0 aliphatic rings. The summed E-state index contributed by atoms with van der Waals surface area (Å²) in [7, 11) is 0. The highest BCUT2D eigenvalue weighted by Gasteiger charge is 2.29. The van der Waals surface area contributed by atoms with E-state index in [0.29, 0.717) is 0 Å². The van der Waals surface area contributed by atoms with Crippen LogP contribution in [-0.2, 0) is 0 Å². The number of nitrogens with zero attached hydrogens (tertiary/aromatic N) is 2. The van der Waals surface area contributed by atoms with Gasteiger partial charge in [0.05, 0.1) is 10.9 Å². The summed E-state index contributed by atoms with van der Waals surface area (Å²) in [6, 6.07) is 6.05. The van der Waals surface area contributed by atoms with E-state index in [1.165, 1.54) is 12.1 Å². The monoisotopic (exact) mass is 272 g/mol. The fourth-order valence-electron chi connectivity index (χ4n) is 1.40. The molecule has 8 heteroatoms. The number of fused-ring (bicyclic) bond motifs is 1. The van der Waals surface area contributed by atoms with Gasteiger partial charge < -0.3 is 9.84 Å². The number of halogens is 3. The van der Waals surface area contributed by atoms with E-state index >= 15 is 0 Å². The number of carbonyl (C=O) groups is 1. The molecule has 0 aliphatic heterocycles. The van der Waals surface area contributed by atoms with Gasteiger partial charge in [-0.1, -0.05) is 12.1 Å². The molecule has 0 unspecified atom stereocenters. The minimum atomic E-state index is -4.53. The van der Waals surface area contributed by atoms with E-state index in [-0.39, 0.29) is 10.9 Å². The second kappa shape index (κ2) is 4.71. The average Bonchev–Trinajstić information content (AvgIpc) is 2.34. The van der Waals surface area contributed by atoms with E-state index in [4.69, 9.17) is 5.11 Å². The average molecular weight is 272 g/mol. The Morgan fingerprint density at radius 2 is 1.95 bits per heavy atom. The topological polar surface area (TPSA) is 72.3 Å². The van der Waals surface area contributed by atoms with Crippen molar-refractivity contribution < 1.29 is 27.8 Å². The van der Waals surface area contributed by atoms with Gasteiger partial charge in [-0.2, -0.15) is 18.2 Å². The number of para-hydroxylation sites is 1. The van der Waals surface area contributed by atoms with Gasteiger partial charge in [-0.25, -0.2) is 9.78 Å². The van der Waals surface area contributed by atoms with Crippen molar-refractivity contribution >= 4 is 16.9 Å². The van der Waals surface area contributed by atoms with E-state index < -0.39 is 30.5 Å². The molecule has 0 fully saturated rings. The maximum atomic E-state index is 12.1. The second-order valence-corrected chi connectivity index (χ2v) is 3.58. The molecule has 1 N–H and O–H groups in total.